The fourth-order valence-electron chi connectivity index (χ4n) is 2.87. The lowest BCUT2D eigenvalue weighted by atomic mass is 9.82. The summed E-state index contributed by atoms with van der Waals surface area (Å²) >= 11 is 5.35. The number of nitrogens with zero attached hydrogens (tertiary/aromatic N) is 1. The lowest BCUT2D eigenvalue weighted by Crippen LogP contribution is -2.42. The Morgan fingerprint density at radius 1 is 1.40 bits per heavy atom. The molecule has 2 rings (SSSR count). The molecule has 0 aromatic carbocycles. The van der Waals surface area contributed by atoms with E-state index in [1.54, 1.807) is 16.9 Å². The Morgan fingerprint density at radius 3 is 2.50 bits per heavy atom. The van der Waals surface area contributed by atoms with Gasteiger partial charge in [-0.05, 0) is 40.8 Å². The fraction of sp³-hybridized carbons (Fsp3) is 0.625. The van der Waals surface area contributed by atoms with Crippen LogP contribution >= 0.6 is 27.3 Å². The van der Waals surface area contributed by atoms with Crippen LogP contribution in [-0.4, -0.2) is 24.0 Å². The minimum absolute atomic E-state index is 0.144. The molecule has 0 amide bonds. The van der Waals surface area contributed by atoms with Crippen LogP contribution in [0.3, 0.4) is 0 Å². The van der Waals surface area contributed by atoms with E-state index in [9.17, 15) is 0 Å². The first-order chi connectivity index (χ1) is 9.29. The van der Waals surface area contributed by atoms with Gasteiger partial charge in [-0.1, -0.05) is 32.4 Å². The predicted molar refractivity (Wildman–Crippen MR) is 92.1 cm³/mol. The molecule has 0 radical (unpaired) electrons. The zero-order valence-corrected chi connectivity index (χ0v) is 15.2. The highest BCUT2D eigenvalue weighted by atomic mass is 79.9. The topological polar surface area (TPSA) is 29.3 Å². The van der Waals surface area contributed by atoms with Gasteiger partial charge in [0, 0.05) is 33.9 Å². The summed E-state index contributed by atoms with van der Waals surface area (Å²) in [4.78, 5) is 3.87. The molecule has 1 aromatic heterocycles. The number of rotatable bonds is 3. The summed E-state index contributed by atoms with van der Waals surface area (Å²) in [6, 6.07) is 2.68. The van der Waals surface area contributed by atoms with Crippen molar-refractivity contribution < 1.29 is 0 Å². The zero-order valence-electron chi connectivity index (χ0n) is 12.8. The van der Waals surface area contributed by atoms with Crippen molar-refractivity contribution in [3.05, 3.63) is 32.4 Å². The number of hydrogen-bond donors (Lipinski definition) is 1. The average Bonchev–Trinajstić information content (AvgIpc) is 2.75. The Hall–Kier alpha value is -0.160. The standard InChI is InChI=1S/C16H25BrN2S/c1-11(18)15(14-9-13(17)10-20-14)19-7-5-12(6-8-19)16(2,3)4/h5,9-11,15H,6-8,18H2,1-4H3. The second-order valence-electron chi connectivity index (χ2n) is 6.70. The van der Waals surface area contributed by atoms with Crippen molar-refractivity contribution in [3.8, 4) is 0 Å². The smallest absolute Gasteiger partial charge is 0.0593 e. The minimum atomic E-state index is 0.144. The Balaban J connectivity index is 2.16. The second-order valence-corrected chi connectivity index (χ2v) is 8.55. The van der Waals surface area contributed by atoms with Gasteiger partial charge in [-0.3, -0.25) is 4.90 Å². The second kappa shape index (κ2) is 6.30. The summed E-state index contributed by atoms with van der Waals surface area (Å²) in [5.41, 5.74) is 8.13. The maximum Gasteiger partial charge on any atom is 0.0593 e. The number of halogens is 1. The third-order valence-corrected chi connectivity index (χ3v) is 5.74. The van der Waals surface area contributed by atoms with Crippen LogP contribution in [0.25, 0.3) is 0 Å². The Kier molecular flexibility index (Phi) is 5.11. The van der Waals surface area contributed by atoms with Gasteiger partial charge in [-0.15, -0.1) is 11.3 Å². The van der Waals surface area contributed by atoms with Crippen LogP contribution in [0.15, 0.2) is 27.6 Å². The van der Waals surface area contributed by atoms with Crippen molar-refractivity contribution in [3.63, 3.8) is 0 Å². The third kappa shape index (κ3) is 3.73. The SMILES string of the molecule is CC(N)C(c1cc(Br)cs1)N1CC=C(C(C)(C)C)CC1. The third-order valence-electron chi connectivity index (χ3n) is 3.97. The van der Waals surface area contributed by atoms with E-state index in [0.717, 1.165) is 24.0 Å². The van der Waals surface area contributed by atoms with Crippen molar-refractivity contribution in [2.45, 2.75) is 46.2 Å². The van der Waals surface area contributed by atoms with Crippen LogP contribution in [0.2, 0.25) is 0 Å². The van der Waals surface area contributed by atoms with Crippen molar-refractivity contribution in [2.24, 2.45) is 11.1 Å². The highest BCUT2D eigenvalue weighted by Gasteiger charge is 2.29. The molecule has 1 aromatic rings. The molecule has 112 valence electrons. The van der Waals surface area contributed by atoms with Gasteiger partial charge in [0.15, 0.2) is 0 Å². The van der Waals surface area contributed by atoms with Gasteiger partial charge >= 0.3 is 0 Å². The Bertz CT molecular complexity index is 485. The normalized spacial score (nSPS) is 20.6. The predicted octanol–water partition coefficient (Wildman–Crippen LogP) is 4.58. The molecule has 4 heteroatoms. The molecule has 2 atom stereocenters. The van der Waals surface area contributed by atoms with Crippen LogP contribution < -0.4 is 5.73 Å². The molecule has 0 fully saturated rings. The van der Waals surface area contributed by atoms with E-state index in [1.807, 2.05) is 0 Å². The minimum Gasteiger partial charge on any atom is -0.326 e. The summed E-state index contributed by atoms with van der Waals surface area (Å²) in [6.07, 6.45) is 3.56. The van der Waals surface area contributed by atoms with Gasteiger partial charge in [-0.25, -0.2) is 0 Å². The number of hydrogen-bond acceptors (Lipinski definition) is 3. The molecule has 0 bridgehead atoms. The molecule has 2 N–H and O–H groups in total. The van der Waals surface area contributed by atoms with E-state index in [-0.39, 0.29) is 6.04 Å². The van der Waals surface area contributed by atoms with Crippen LogP contribution in [-0.2, 0) is 0 Å². The Labute approximate surface area is 135 Å². The lowest BCUT2D eigenvalue weighted by molar-refractivity contribution is 0.186. The number of thiophene rings is 1. The molecule has 0 spiro atoms. The molecule has 1 aliphatic rings. The van der Waals surface area contributed by atoms with Gasteiger partial charge in [-0.2, -0.15) is 0 Å². The van der Waals surface area contributed by atoms with E-state index in [4.69, 9.17) is 5.73 Å². The molecular weight excluding hydrogens is 332 g/mol. The zero-order chi connectivity index (χ0) is 14.9. The summed E-state index contributed by atoms with van der Waals surface area (Å²) in [7, 11) is 0. The van der Waals surface area contributed by atoms with Gasteiger partial charge in [0.05, 0.1) is 6.04 Å². The van der Waals surface area contributed by atoms with Crippen molar-refractivity contribution >= 4 is 27.3 Å². The quantitative estimate of drug-likeness (QED) is 0.803. The average molecular weight is 357 g/mol. The van der Waals surface area contributed by atoms with Gasteiger partial charge in [0.1, 0.15) is 0 Å². The van der Waals surface area contributed by atoms with Crippen LogP contribution in [0, 0.1) is 5.41 Å². The molecule has 0 aliphatic carbocycles. The van der Waals surface area contributed by atoms with E-state index in [2.05, 4.69) is 66.0 Å². The molecule has 2 unspecified atom stereocenters. The summed E-state index contributed by atoms with van der Waals surface area (Å²) in [6.45, 7) is 11.1. The highest BCUT2D eigenvalue weighted by molar-refractivity contribution is 9.10. The molecular formula is C16H25BrN2S. The van der Waals surface area contributed by atoms with Crippen LogP contribution in [0.1, 0.15) is 45.0 Å². The first kappa shape index (κ1) is 16.2. The maximum atomic E-state index is 6.26. The van der Waals surface area contributed by atoms with Crippen molar-refractivity contribution in [1.82, 2.24) is 4.90 Å². The van der Waals surface area contributed by atoms with Gasteiger partial charge in [0.25, 0.3) is 0 Å². The lowest BCUT2D eigenvalue weighted by Gasteiger charge is -2.38. The maximum absolute atomic E-state index is 6.26. The first-order valence-corrected chi connectivity index (χ1v) is 8.89. The Morgan fingerprint density at radius 2 is 2.10 bits per heavy atom. The highest BCUT2D eigenvalue weighted by Crippen LogP contribution is 2.35. The van der Waals surface area contributed by atoms with Crippen LogP contribution in [0.5, 0.6) is 0 Å². The molecule has 2 nitrogen and oxygen atoms in total. The summed E-state index contributed by atoms with van der Waals surface area (Å²) < 4.78 is 1.16. The summed E-state index contributed by atoms with van der Waals surface area (Å²) in [5, 5.41) is 2.14. The molecule has 0 saturated heterocycles. The van der Waals surface area contributed by atoms with Crippen LogP contribution in [0.4, 0.5) is 0 Å². The summed E-state index contributed by atoms with van der Waals surface area (Å²) in [5.74, 6) is 0. The van der Waals surface area contributed by atoms with Crippen molar-refractivity contribution in [2.75, 3.05) is 13.1 Å². The fourth-order valence-corrected chi connectivity index (χ4v) is 4.57. The largest absolute Gasteiger partial charge is 0.326 e. The van der Waals surface area contributed by atoms with Gasteiger partial charge in [0.2, 0.25) is 0 Å². The monoisotopic (exact) mass is 356 g/mol. The van der Waals surface area contributed by atoms with E-state index in [1.165, 1.54) is 4.88 Å². The van der Waals surface area contributed by atoms with Gasteiger partial charge < -0.3 is 5.73 Å². The first-order valence-electron chi connectivity index (χ1n) is 7.22. The van der Waals surface area contributed by atoms with Crippen molar-refractivity contribution in [1.29, 1.82) is 0 Å². The molecule has 2 heterocycles. The number of nitrogens with two attached hydrogens (primary N) is 1. The molecule has 20 heavy (non-hydrogen) atoms. The molecule has 1 aliphatic heterocycles. The van der Waals surface area contributed by atoms with E-state index < -0.39 is 0 Å². The van der Waals surface area contributed by atoms with E-state index >= 15 is 0 Å². The molecule has 0 saturated carbocycles. The van der Waals surface area contributed by atoms with E-state index in [0.29, 0.717) is 11.5 Å².